The van der Waals surface area contributed by atoms with Gasteiger partial charge in [-0.15, -0.1) is 0 Å². The number of benzene rings is 1. The highest BCUT2D eigenvalue weighted by Crippen LogP contribution is 2.28. The zero-order valence-electron chi connectivity index (χ0n) is 20.3. The lowest BCUT2D eigenvalue weighted by Gasteiger charge is -2.35. The van der Waals surface area contributed by atoms with Gasteiger partial charge in [-0.05, 0) is 43.4 Å². The standard InChI is InChI=1S/C24H32ClN3O7/c1-5-35-15-8-9-16(17(25)12-15)21(32)27-20(24(2,3)4)23(34)28-10-6-7-18(28)22(33)26-14(13-29)11-19(30)31/h8-9,12-14,18,20H,5-7,10-11H2,1-4H3,(H,26,33)(H,27,32)(H,30,31)/t14-,18-,20+/m0/s1. The number of rotatable bonds is 10. The normalized spacial score (nSPS) is 17.3. The number of ether oxygens (including phenoxy) is 1. The average molecular weight is 510 g/mol. The summed E-state index contributed by atoms with van der Waals surface area (Å²) in [5.74, 6) is -2.33. The Kier molecular flexibility index (Phi) is 9.64. The number of amides is 3. The summed E-state index contributed by atoms with van der Waals surface area (Å²) in [6.07, 6.45) is 0.696. The molecule has 1 aliphatic heterocycles. The minimum Gasteiger partial charge on any atom is -0.494 e. The number of nitrogens with zero attached hydrogens (tertiary/aromatic N) is 1. The zero-order chi connectivity index (χ0) is 26.3. The van der Waals surface area contributed by atoms with E-state index >= 15 is 0 Å². The van der Waals surface area contributed by atoms with Crippen molar-refractivity contribution in [3.05, 3.63) is 28.8 Å². The van der Waals surface area contributed by atoms with Crippen LogP contribution >= 0.6 is 11.6 Å². The number of carboxylic acid groups (broad SMARTS) is 1. The van der Waals surface area contributed by atoms with Crippen LogP contribution in [0.2, 0.25) is 5.02 Å². The summed E-state index contributed by atoms with van der Waals surface area (Å²) in [7, 11) is 0. The van der Waals surface area contributed by atoms with Crippen molar-refractivity contribution in [1.29, 1.82) is 0 Å². The van der Waals surface area contributed by atoms with E-state index in [1.807, 2.05) is 6.92 Å². The molecule has 3 amide bonds. The minimum atomic E-state index is -1.23. The van der Waals surface area contributed by atoms with E-state index in [0.717, 1.165) is 0 Å². The quantitative estimate of drug-likeness (QED) is 0.409. The molecule has 0 unspecified atom stereocenters. The number of carbonyl (C=O) groups is 5. The molecule has 0 saturated carbocycles. The number of aliphatic carboxylic acids is 1. The van der Waals surface area contributed by atoms with E-state index in [1.54, 1.807) is 26.8 Å². The molecule has 1 aromatic rings. The Hall–Kier alpha value is -3.14. The molecule has 10 nitrogen and oxygen atoms in total. The minimum absolute atomic E-state index is 0.172. The van der Waals surface area contributed by atoms with Gasteiger partial charge in [-0.25, -0.2) is 0 Å². The van der Waals surface area contributed by atoms with Gasteiger partial charge in [0.05, 0.1) is 29.7 Å². The number of carbonyl (C=O) groups excluding carboxylic acids is 4. The van der Waals surface area contributed by atoms with Gasteiger partial charge in [0.25, 0.3) is 5.91 Å². The molecule has 0 aliphatic carbocycles. The summed E-state index contributed by atoms with van der Waals surface area (Å²) < 4.78 is 5.38. The highest BCUT2D eigenvalue weighted by molar-refractivity contribution is 6.34. The molecule has 3 N–H and O–H groups in total. The van der Waals surface area contributed by atoms with Crippen LogP contribution < -0.4 is 15.4 Å². The summed E-state index contributed by atoms with van der Waals surface area (Å²) in [4.78, 5) is 62.8. The third-order valence-electron chi connectivity index (χ3n) is 5.61. The summed E-state index contributed by atoms with van der Waals surface area (Å²) in [6.45, 7) is 7.91. The van der Waals surface area contributed by atoms with Gasteiger partial charge in [0, 0.05) is 6.54 Å². The fourth-order valence-corrected chi connectivity index (χ4v) is 4.12. The summed E-state index contributed by atoms with van der Waals surface area (Å²) in [5.41, 5.74) is -0.529. The number of nitrogens with one attached hydrogen (secondary N) is 2. The molecule has 2 rings (SSSR count). The van der Waals surface area contributed by atoms with Gasteiger partial charge in [-0.2, -0.15) is 0 Å². The summed E-state index contributed by atoms with van der Waals surface area (Å²) in [6, 6.07) is 1.59. The maximum Gasteiger partial charge on any atom is 0.305 e. The molecule has 11 heteroatoms. The molecular weight excluding hydrogens is 478 g/mol. The number of hydrogen-bond donors (Lipinski definition) is 3. The van der Waals surface area contributed by atoms with E-state index in [2.05, 4.69) is 10.6 Å². The van der Waals surface area contributed by atoms with Crippen LogP contribution in [-0.2, 0) is 19.2 Å². The fraction of sp³-hybridized carbons (Fsp3) is 0.542. The second kappa shape index (κ2) is 12.0. The lowest BCUT2D eigenvalue weighted by atomic mass is 9.85. The molecule has 1 saturated heterocycles. The topological polar surface area (TPSA) is 142 Å². The van der Waals surface area contributed by atoms with E-state index in [4.69, 9.17) is 21.4 Å². The van der Waals surface area contributed by atoms with Crippen LogP contribution in [0.5, 0.6) is 5.75 Å². The van der Waals surface area contributed by atoms with Crippen LogP contribution in [0.25, 0.3) is 0 Å². The Morgan fingerprint density at radius 1 is 1.26 bits per heavy atom. The van der Waals surface area contributed by atoms with Gasteiger partial charge in [-0.1, -0.05) is 32.4 Å². The van der Waals surface area contributed by atoms with Crippen LogP contribution in [0, 0.1) is 5.41 Å². The van der Waals surface area contributed by atoms with Crippen LogP contribution in [0.1, 0.15) is 57.3 Å². The second-order valence-corrected chi connectivity index (χ2v) is 9.79. The predicted molar refractivity (Wildman–Crippen MR) is 128 cm³/mol. The average Bonchev–Trinajstić information content (AvgIpc) is 3.25. The molecule has 0 aromatic heterocycles. The molecule has 1 aromatic carbocycles. The maximum atomic E-state index is 13.5. The van der Waals surface area contributed by atoms with Gasteiger partial charge < -0.3 is 30.2 Å². The Morgan fingerprint density at radius 2 is 1.94 bits per heavy atom. The molecule has 0 radical (unpaired) electrons. The smallest absolute Gasteiger partial charge is 0.305 e. The Balaban J connectivity index is 2.21. The number of hydrogen-bond acceptors (Lipinski definition) is 6. The third-order valence-corrected chi connectivity index (χ3v) is 5.92. The molecule has 192 valence electrons. The number of carboxylic acids is 1. The first-order valence-corrected chi connectivity index (χ1v) is 11.8. The molecule has 0 spiro atoms. The van der Waals surface area contributed by atoms with E-state index in [1.165, 1.54) is 17.0 Å². The summed E-state index contributed by atoms with van der Waals surface area (Å²) >= 11 is 6.27. The molecule has 0 bridgehead atoms. The zero-order valence-corrected chi connectivity index (χ0v) is 21.1. The van der Waals surface area contributed by atoms with E-state index < -0.39 is 53.7 Å². The Morgan fingerprint density at radius 3 is 2.49 bits per heavy atom. The first kappa shape index (κ1) is 28.1. The van der Waals surface area contributed by atoms with Crippen LogP contribution in [0.4, 0.5) is 0 Å². The Labute approximate surface area is 209 Å². The monoisotopic (exact) mass is 509 g/mol. The lowest BCUT2D eigenvalue weighted by molar-refractivity contribution is -0.143. The molecule has 3 atom stereocenters. The SMILES string of the molecule is CCOc1ccc(C(=O)N[C@H](C(=O)N2CCC[C@H]2C(=O)N[C@H](C=O)CC(=O)O)C(C)(C)C)c(Cl)c1. The molecule has 1 aliphatic rings. The van der Waals surface area contributed by atoms with Gasteiger partial charge in [0.15, 0.2) is 0 Å². The number of halogens is 1. The van der Waals surface area contributed by atoms with Gasteiger partial charge >= 0.3 is 5.97 Å². The van der Waals surface area contributed by atoms with Crippen LogP contribution in [0.3, 0.4) is 0 Å². The van der Waals surface area contributed by atoms with Crippen LogP contribution in [-0.4, -0.2) is 71.3 Å². The van der Waals surface area contributed by atoms with E-state index in [9.17, 15) is 24.0 Å². The van der Waals surface area contributed by atoms with Crippen LogP contribution in [0.15, 0.2) is 18.2 Å². The van der Waals surface area contributed by atoms with Gasteiger partial charge in [0.2, 0.25) is 11.8 Å². The van der Waals surface area contributed by atoms with E-state index in [0.29, 0.717) is 31.5 Å². The predicted octanol–water partition coefficient (Wildman–Crippen LogP) is 2.03. The maximum absolute atomic E-state index is 13.5. The van der Waals surface area contributed by atoms with Crippen molar-refractivity contribution >= 4 is 41.6 Å². The summed E-state index contributed by atoms with van der Waals surface area (Å²) in [5, 5.41) is 14.2. The first-order chi connectivity index (χ1) is 16.4. The molecule has 1 heterocycles. The van der Waals surface area contributed by atoms with Crippen molar-refractivity contribution in [3.8, 4) is 5.75 Å². The van der Waals surface area contributed by atoms with E-state index in [-0.39, 0.29) is 17.1 Å². The molecule has 35 heavy (non-hydrogen) atoms. The van der Waals surface area contributed by atoms with Gasteiger partial charge in [0.1, 0.15) is 24.1 Å². The second-order valence-electron chi connectivity index (χ2n) is 9.39. The van der Waals surface area contributed by atoms with Crippen molar-refractivity contribution in [2.45, 2.75) is 65.1 Å². The van der Waals surface area contributed by atoms with Crippen molar-refractivity contribution in [2.75, 3.05) is 13.2 Å². The molecule has 1 fully saturated rings. The molecular formula is C24H32ClN3O7. The highest BCUT2D eigenvalue weighted by Gasteiger charge is 2.42. The first-order valence-electron chi connectivity index (χ1n) is 11.4. The third kappa shape index (κ3) is 7.42. The van der Waals surface area contributed by atoms with Crippen molar-refractivity contribution < 1.29 is 33.8 Å². The number of likely N-dealkylation sites (tertiary alicyclic amines) is 1. The van der Waals surface area contributed by atoms with Crippen molar-refractivity contribution in [1.82, 2.24) is 15.5 Å². The fourth-order valence-electron chi connectivity index (χ4n) is 3.86. The highest BCUT2D eigenvalue weighted by atomic mass is 35.5. The lowest BCUT2D eigenvalue weighted by Crippen LogP contribution is -2.58. The Bertz CT molecular complexity index is 976. The number of aldehydes is 1. The van der Waals surface area contributed by atoms with Crippen molar-refractivity contribution in [3.63, 3.8) is 0 Å². The van der Waals surface area contributed by atoms with Crippen molar-refractivity contribution in [2.24, 2.45) is 5.41 Å². The largest absolute Gasteiger partial charge is 0.494 e. The van der Waals surface area contributed by atoms with Gasteiger partial charge in [-0.3, -0.25) is 19.2 Å².